The van der Waals surface area contributed by atoms with E-state index < -0.39 is 11.1 Å². The standard InChI is InChI=1S/C18H14BrFN2O3S/c19-11-4-6-14(7-5-11)22-17(24)9-15(18(22)25)26-10-16(23)21-13-3-1-2-12(20)8-13/h1-8,15H,9-10H2,(H,21,23)/t15-/m0/s1. The lowest BCUT2D eigenvalue weighted by Crippen LogP contribution is -2.31. The predicted molar refractivity (Wildman–Crippen MR) is 103 cm³/mol. The maximum Gasteiger partial charge on any atom is 0.247 e. The third kappa shape index (κ3) is 4.31. The summed E-state index contributed by atoms with van der Waals surface area (Å²) in [7, 11) is 0. The number of benzene rings is 2. The summed E-state index contributed by atoms with van der Waals surface area (Å²) in [6.07, 6.45) is 0.0484. The molecule has 8 heteroatoms. The molecule has 1 atom stereocenters. The summed E-state index contributed by atoms with van der Waals surface area (Å²) in [6.45, 7) is 0. The van der Waals surface area contributed by atoms with Crippen molar-refractivity contribution in [2.45, 2.75) is 11.7 Å². The van der Waals surface area contributed by atoms with Gasteiger partial charge in [-0.3, -0.25) is 14.4 Å². The molecule has 2 aromatic rings. The summed E-state index contributed by atoms with van der Waals surface area (Å²) in [6, 6.07) is 12.4. The lowest BCUT2D eigenvalue weighted by molar-refractivity contribution is -0.121. The van der Waals surface area contributed by atoms with Crippen LogP contribution in [0.5, 0.6) is 0 Å². The number of rotatable bonds is 5. The fourth-order valence-electron chi connectivity index (χ4n) is 2.54. The number of carbonyl (C=O) groups excluding carboxylic acids is 3. The Morgan fingerprint density at radius 2 is 1.96 bits per heavy atom. The molecule has 3 amide bonds. The van der Waals surface area contributed by atoms with Crippen molar-refractivity contribution in [3.05, 3.63) is 58.8 Å². The van der Waals surface area contributed by atoms with Crippen molar-refractivity contribution in [3.8, 4) is 0 Å². The molecule has 1 saturated heterocycles. The molecular formula is C18H14BrFN2O3S. The van der Waals surface area contributed by atoms with Gasteiger partial charge in [-0.1, -0.05) is 22.0 Å². The van der Waals surface area contributed by atoms with Gasteiger partial charge in [-0.25, -0.2) is 9.29 Å². The first-order valence-corrected chi connectivity index (χ1v) is 9.57. The second-order valence-electron chi connectivity index (χ2n) is 5.61. The molecule has 1 fully saturated rings. The van der Waals surface area contributed by atoms with Gasteiger partial charge in [0.2, 0.25) is 17.7 Å². The molecule has 1 heterocycles. The Balaban J connectivity index is 1.59. The highest BCUT2D eigenvalue weighted by Crippen LogP contribution is 2.30. The minimum atomic E-state index is -0.607. The fraction of sp³-hybridized carbons (Fsp3) is 0.167. The molecule has 0 saturated carbocycles. The van der Waals surface area contributed by atoms with E-state index in [2.05, 4.69) is 21.2 Å². The second kappa shape index (κ2) is 8.01. The molecule has 0 radical (unpaired) electrons. The number of carbonyl (C=O) groups is 3. The Labute approximate surface area is 162 Å². The zero-order chi connectivity index (χ0) is 18.7. The number of amides is 3. The van der Waals surface area contributed by atoms with Crippen molar-refractivity contribution in [1.82, 2.24) is 0 Å². The van der Waals surface area contributed by atoms with E-state index in [9.17, 15) is 18.8 Å². The molecule has 0 spiro atoms. The smallest absolute Gasteiger partial charge is 0.247 e. The van der Waals surface area contributed by atoms with Crippen LogP contribution in [0.4, 0.5) is 15.8 Å². The number of hydrogen-bond donors (Lipinski definition) is 1. The summed E-state index contributed by atoms with van der Waals surface area (Å²) < 4.78 is 14.0. The molecule has 26 heavy (non-hydrogen) atoms. The summed E-state index contributed by atoms with van der Waals surface area (Å²) in [4.78, 5) is 37.8. The maximum absolute atomic E-state index is 13.1. The number of nitrogens with one attached hydrogen (secondary N) is 1. The first kappa shape index (κ1) is 18.6. The van der Waals surface area contributed by atoms with Crippen molar-refractivity contribution in [1.29, 1.82) is 0 Å². The lowest BCUT2D eigenvalue weighted by Gasteiger charge is -2.15. The van der Waals surface area contributed by atoms with E-state index in [1.807, 2.05) is 0 Å². The molecule has 5 nitrogen and oxygen atoms in total. The molecule has 1 N–H and O–H groups in total. The topological polar surface area (TPSA) is 66.5 Å². The number of imide groups is 1. The monoisotopic (exact) mass is 436 g/mol. The van der Waals surface area contributed by atoms with Gasteiger partial charge in [0.05, 0.1) is 16.7 Å². The van der Waals surface area contributed by atoms with E-state index in [4.69, 9.17) is 0 Å². The Hall–Kier alpha value is -2.19. The van der Waals surface area contributed by atoms with E-state index in [1.54, 1.807) is 30.3 Å². The summed E-state index contributed by atoms with van der Waals surface area (Å²) in [5, 5.41) is 1.96. The maximum atomic E-state index is 13.1. The van der Waals surface area contributed by atoms with Gasteiger partial charge in [0.15, 0.2) is 0 Å². The highest BCUT2D eigenvalue weighted by molar-refractivity contribution is 9.10. The molecule has 1 aliphatic rings. The van der Waals surface area contributed by atoms with E-state index in [-0.39, 0.29) is 29.9 Å². The molecule has 2 aromatic carbocycles. The highest BCUT2D eigenvalue weighted by atomic mass is 79.9. The van der Waals surface area contributed by atoms with Crippen LogP contribution in [0, 0.1) is 5.82 Å². The van der Waals surface area contributed by atoms with Gasteiger partial charge in [0, 0.05) is 16.6 Å². The third-order valence-corrected chi connectivity index (χ3v) is 5.44. The normalized spacial score (nSPS) is 16.8. The predicted octanol–water partition coefficient (Wildman–Crippen LogP) is 3.59. The molecule has 3 rings (SSSR count). The van der Waals surface area contributed by atoms with Gasteiger partial charge < -0.3 is 5.32 Å². The zero-order valence-electron chi connectivity index (χ0n) is 13.4. The number of thioether (sulfide) groups is 1. The van der Waals surface area contributed by atoms with Crippen LogP contribution in [0.1, 0.15) is 6.42 Å². The van der Waals surface area contributed by atoms with Crippen LogP contribution >= 0.6 is 27.7 Å². The molecule has 0 bridgehead atoms. The van der Waals surface area contributed by atoms with Crippen LogP contribution in [0.15, 0.2) is 53.0 Å². The SMILES string of the molecule is O=C(CS[C@H]1CC(=O)N(c2ccc(Br)cc2)C1=O)Nc1cccc(F)c1. The van der Waals surface area contributed by atoms with Crippen LogP contribution in [-0.4, -0.2) is 28.7 Å². The van der Waals surface area contributed by atoms with Gasteiger partial charge >= 0.3 is 0 Å². The molecule has 0 unspecified atom stereocenters. The average molecular weight is 437 g/mol. The van der Waals surface area contributed by atoms with Crippen molar-refractivity contribution in [2.75, 3.05) is 16.0 Å². The number of halogens is 2. The van der Waals surface area contributed by atoms with Gasteiger partial charge in [0.25, 0.3) is 0 Å². The van der Waals surface area contributed by atoms with Crippen molar-refractivity contribution < 1.29 is 18.8 Å². The van der Waals surface area contributed by atoms with Crippen LogP contribution in [0.2, 0.25) is 0 Å². The fourth-order valence-corrected chi connectivity index (χ4v) is 3.73. The highest BCUT2D eigenvalue weighted by Gasteiger charge is 2.40. The Bertz CT molecular complexity index is 860. The van der Waals surface area contributed by atoms with Crippen LogP contribution in [-0.2, 0) is 14.4 Å². The van der Waals surface area contributed by atoms with Crippen LogP contribution < -0.4 is 10.2 Å². The zero-order valence-corrected chi connectivity index (χ0v) is 15.8. The van der Waals surface area contributed by atoms with Gasteiger partial charge in [0.1, 0.15) is 5.82 Å². The van der Waals surface area contributed by atoms with Gasteiger partial charge in [-0.15, -0.1) is 11.8 Å². The lowest BCUT2D eigenvalue weighted by atomic mass is 10.3. The first-order chi connectivity index (χ1) is 12.4. The minimum Gasteiger partial charge on any atom is -0.325 e. The van der Waals surface area contributed by atoms with Crippen molar-refractivity contribution in [2.24, 2.45) is 0 Å². The molecule has 1 aliphatic heterocycles. The Morgan fingerprint density at radius 1 is 1.23 bits per heavy atom. The van der Waals surface area contributed by atoms with E-state index in [0.29, 0.717) is 11.4 Å². The van der Waals surface area contributed by atoms with Gasteiger partial charge in [-0.2, -0.15) is 0 Å². The number of hydrogen-bond acceptors (Lipinski definition) is 4. The molecule has 0 aliphatic carbocycles. The Kier molecular flexibility index (Phi) is 5.73. The number of anilines is 2. The van der Waals surface area contributed by atoms with E-state index in [0.717, 1.165) is 21.1 Å². The van der Waals surface area contributed by atoms with Crippen molar-refractivity contribution >= 4 is 56.8 Å². The van der Waals surface area contributed by atoms with E-state index in [1.165, 1.54) is 18.2 Å². The second-order valence-corrected chi connectivity index (χ2v) is 7.71. The summed E-state index contributed by atoms with van der Waals surface area (Å²) >= 11 is 4.41. The molecular weight excluding hydrogens is 423 g/mol. The van der Waals surface area contributed by atoms with Crippen molar-refractivity contribution in [3.63, 3.8) is 0 Å². The summed E-state index contributed by atoms with van der Waals surface area (Å²) in [5.74, 6) is -1.43. The summed E-state index contributed by atoms with van der Waals surface area (Å²) in [5.41, 5.74) is 0.858. The van der Waals surface area contributed by atoms with Crippen LogP contribution in [0.3, 0.4) is 0 Å². The quantitative estimate of drug-likeness (QED) is 0.727. The van der Waals surface area contributed by atoms with Crippen LogP contribution in [0.25, 0.3) is 0 Å². The first-order valence-electron chi connectivity index (χ1n) is 7.73. The van der Waals surface area contributed by atoms with E-state index >= 15 is 0 Å². The third-order valence-electron chi connectivity index (χ3n) is 3.71. The molecule has 0 aromatic heterocycles. The largest absolute Gasteiger partial charge is 0.325 e. The molecule has 134 valence electrons. The average Bonchev–Trinajstić information content (AvgIpc) is 2.88. The Morgan fingerprint density at radius 3 is 2.65 bits per heavy atom. The van der Waals surface area contributed by atoms with Gasteiger partial charge in [-0.05, 0) is 42.5 Å². The minimum absolute atomic E-state index is 0.00558. The number of nitrogens with zero attached hydrogens (tertiary/aromatic N) is 1.